The Morgan fingerprint density at radius 2 is 1.66 bits per heavy atom. The second-order valence-corrected chi connectivity index (χ2v) is 17.3. The summed E-state index contributed by atoms with van der Waals surface area (Å²) in [6.45, 7) is 20.0. The summed E-state index contributed by atoms with van der Waals surface area (Å²) in [6.07, 6.45) is 2.41. The van der Waals surface area contributed by atoms with Gasteiger partial charge in [-0.3, -0.25) is 10.1 Å². The summed E-state index contributed by atoms with van der Waals surface area (Å²) in [5.74, 6) is 0.438. The molecule has 2 aromatic rings. The van der Waals surface area contributed by atoms with E-state index >= 15 is 0 Å². The van der Waals surface area contributed by atoms with Crippen LogP contribution in [0.5, 0.6) is 5.75 Å². The Bertz CT molecular complexity index is 1040. The standard InChI is InChI=1S/C27H45N3O4Si/c1-17(2)35(18(3)4,19(5)6)30-15-20(14-29(10)11)24-22(30)13-23(33-12)21(16-31)25(24)28-26(32)34-27(7,8)9/h13,15-19H,14H2,1-12H3,(H,28,32). The van der Waals surface area contributed by atoms with Crippen molar-refractivity contribution in [2.24, 2.45) is 0 Å². The molecule has 0 aliphatic rings. The highest BCUT2D eigenvalue weighted by Gasteiger charge is 2.46. The normalized spacial score (nSPS) is 12.8. The SMILES string of the molecule is COc1cc2c(c(CN(C)C)cn2[Si](C(C)C)(C(C)C)C(C)C)c(NC(=O)OC(C)(C)C)c1C=O. The monoisotopic (exact) mass is 503 g/mol. The molecule has 0 atom stereocenters. The third-order valence-electron chi connectivity index (χ3n) is 6.82. The van der Waals surface area contributed by atoms with Crippen LogP contribution >= 0.6 is 0 Å². The lowest BCUT2D eigenvalue weighted by molar-refractivity contribution is 0.0636. The molecule has 35 heavy (non-hydrogen) atoms. The van der Waals surface area contributed by atoms with E-state index in [2.05, 4.69) is 62.2 Å². The van der Waals surface area contributed by atoms with Crippen LogP contribution in [0.2, 0.25) is 16.6 Å². The van der Waals surface area contributed by atoms with Crippen LogP contribution in [0.3, 0.4) is 0 Å². The van der Waals surface area contributed by atoms with Crippen molar-refractivity contribution in [1.29, 1.82) is 0 Å². The highest BCUT2D eigenvalue weighted by molar-refractivity contribution is 6.82. The van der Waals surface area contributed by atoms with Crippen molar-refractivity contribution in [3.63, 3.8) is 0 Å². The number of amides is 1. The van der Waals surface area contributed by atoms with Crippen LogP contribution in [0.4, 0.5) is 10.5 Å². The van der Waals surface area contributed by atoms with Gasteiger partial charge in [-0.2, -0.15) is 0 Å². The smallest absolute Gasteiger partial charge is 0.412 e. The number of hydrogen-bond acceptors (Lipinski definition) is 5. The number of rotatable bonds is 9. The molecule has 1 N–H and O–H groups in total. The van der Waals surface area contributed by atoms with E-state index in [0.29, 0.717) is 40.2 Å². The number of aldehydes is 1. The van der Waals surface area contributed by atoms with Gasteiger partial charge in [0.15, 0.2) is 14.5 Å². The van der Waals surface area contributed by atoms with E-state index < -0.39 is 19.9 Å². The zero-order valence-electron chi connectivity index (χ0n) is 23.7. The highest BCUT2D eigenvalue weighted by Crippen LogP contribution is 2.47. The molecule has 0 bridgehead atoms. The summed E-state index contributed by atoms with van der Waals surface area (Å²) in [6, 6.07) is 1.97. The average Bonchev–Trinajstić information content (AvgIpc) is 3.03. The molecular formula is C27H45N3O4Si. The number of nitrogens with zero attached hydrogens (tertiary/aromatic N) is 2. The average molecular weight is 504 g/mol. The van der Waals surface area contributed by atoms with Gasteiger partial charge in [0.2, 0.25) is 0 Å². The molecule has 0 unspecified atom stereocenters. The number of carbonyl (C=O) groups excluding carboxylic acids is 2. The summed E-state index contributed by atoms with van der Waals surface area (Å²) in [7, 11) is 3.44. The zero-order valence-corrected chi connectivity index (χ0v) is 24.7. The topological polar surface area (TPSA) is 72.8 Å². The van der Waals surface area contributed by atoms with Crippen LogP contribution in [0.1, 0.15) is 78.2 Å². The number of fused-ring (bicyclic) bond motifs is 1. The number of aromatic nitrogens is 1. The van der Waals surface area contributed by atoms with Crippen molar-refractivity contribution in [2.45, 2.75) is 91.1 Å². The second-order valence-electron chi connectivity index (χ2n) is 11.6. The largest absolute Gasteiger partial charge is 0.496 e. The molecule has 0 aliphatic carbocycles. The molecular weight excluding hydrogens is 458 g/mol. The fraction of sp³-hybridized carbons (Fsp3) is 0.630. The van der Waals surface area contributed by atoms with Gasteiger partial charge in [-0.15, -0.1) is 0 Å². The van der Waals surface area contributed by atoms with E-state index in [1.54, 1.807) is 7.11 Å². The highest BCUT2D eigenvalue weighted by atomic mass is 28.3. The Morgan fingerprint density at radius 1 is 1.11 bits per heavy atom. The minimum absolute atomic E-state index is 0.314. The molecule has 0 saturated carbocycles. The third-order valence-corrected chi connectivity index (χ3v) is 13.6. The predicted molar refractivity (Wildman–Crippen MR) is 148 cm³/mol. The lowest BCUT2D eigenvalue weighted by Crippen LogP contribution is -2.51. The van der Waals surface area contributed by atoms with Crippen molar-refractivity contribution in [3.05, 3.63) is 23.4 Å². The quantitative estimate of drug-likeness (QED) is 0.298. The molecule has 0 spiro atoms. The minimum atomic E-state index is -2.15. The van der Waals surface area contributed by atoms with E-state index in [9.17, 15) is 9.59 Å². The van der Waals surface area contributed by atoms with Crippen molar-refractivity contribution < 1.29 is 19.1 Å². The fourth-order valence-electron chi connectivity index (χ4n) is 5.90. The van der Waals surface area contributed by atoms with E-state index in [1.165, 1.54) is 0 Å². The lowest BCUT2D eigenvalue weighted by atomic mass is 10.0. The van der Waals surface area contributed by atoms with Gasteiger partial charge < -0.3 is 18.6 Å². The first kappa shape index (κ1) is 28.9. The van der Waals surface area contributed by atoms with Gasteiger partial charge in [0, 0.05) is 29.7 Å². The summed E-state index contributed by atoms with van der Waals surface area (Å²) < 4.78 is 13.7. The molecule has 1 aromatic heterocycles. The van der Waals surface area contributed by atoms with Gasteiger partial charge in [-0.25, -0.2) is 4.79 Å². The first-order valence-corrected chi connectivity index (χ1v) is 14.6. The number of nitrogens with one attached hydrogen (secondary N) is 1. The molecule has 1 aromatic carbocycles. The summed E-state index contributed by atoms with van der Waals surface area (Å²) in [5.41, 5.74) is 3.51. The number of methoxy groups -OCH3 is 1. The van der Waals surface area contributed by atoms with Gasteiger partial charge >= 0.3 is 6.09 Å². The molecule has 8 heteroatoms. The van der Waals surface area contributed by atoms with E-state index in [0.717, 1.165) is 22.8 Å². The number of anilines is 1. The zero-order chi connectivity index (χ0) is 26.9. The molecule has 2 rings (SSSR count). The maximum atomic E-state index is 12.9. The molecule has 0 saturated heterocycles. The predicted octanol–water partition coefficient (Wildman–Crippen LogP) is 6.89. The van der Waals surface area contributed by atoms with E-state index in [1.807, 2.05) is 40.9 Å². The van der Waals surface area contributed by atoms with E-state index in [4.69, 9.17) is 9.47 Å². The Labute approximate surface area is 212 Å². The molecule has 1 amide bonds. The van der Waals surface area contributed by atoms with E-state index in [-0.39, 0.29) is 0 Å². The van der Waals surface area contributed by atoms with Gasteiger partial charge in [-0.1, -0.05) is 41.5 Å². The first-order valence-electron chi connectivity index (χ1n) is 12.5. The summed E-state index contributed by atoms with van der Waals surface area (Å²) >= 11 is 0. The Balaban J connectivity index is 3.06. The van der Waals surface area contributed by atoms with Crippen LogP contribution in [-0.2, 0) is 11.3 Å². The molecule has 7 nitrogen and oxygen atoms in total. The van der Waals surface area contributed by atoms with Crippen LogP contribution in [0.25, 0.3) is 10.9 Å². The fourth-order valence-corrected chi connectivity index (χ4v) is 12.5. The molecule has 1 heterocycles. The summed E-state index contributed by atoms with van der Waals surface area (Å²) in [5, 5.41) is 3.78. The van der Waals surface area contributed by atoms with Crippen molar-refractivity contribution >= 4 is 37.2 Å². The van der Waals surface area contributed by atoms with Gasteiger partial charge in [-0.05, 0) is 57.1 Å². The van der Waals surface area contributed by atoms with Gasteiger partial charge in [0.1, 0.15) is 11.4 Å². The lowest BCUT2D eigenvalue weighted by Gasteiger charge is -2.44. The maximum absolute atomic E-state index is 12.9. The second kappa shape index (κ2) is 10.7. The number of benzene rings is 1. The Kier molecular flexibility index (Phi) is 8.87. The van der Waals surface area contributed by atoms with Crippen molar-refractivity contribution in [1.82, 2.24) is 9.13 Å². The molecule has 0 aliphatic heterocycles. The Hall–Kier alpha value is -2.32. The van der Waals surface area contributed by atoms with Crippen molar-refractivity contribution in [2.75, 3.05) is 26.5 Å². The third kappa shape index (κ3) is 5.59. The summed E-state index contributed by atoms with van der Waals surface area (Å²) in [4.78, 5) is 27.3. The van der Waals surface area contributed by atoms with Crippen molar-refractivity contribution in [3.8, 4) is 5.75 Å². The number of hydrogen-bond donors (Lipinski definition) is 1. The van der Waals surface area contributed by atoms with Crippen LogP contribution in [0, 0.1) is 0 Å². The van der Waals surface area contributed by atoms with Gasteiger partial charge in [0.25, 0.3) is 0 Å². The number of ether oxygens (including phenoxy) is 2. The van der Waals surface area contributed by atoms with Crippen LogP contribution in [0.15, 0.2) is 12.3 Å². The molecule has 196 valence electrons. The minimum Gasteiger partial charge on any atom is -0.496 e. The molecule has 0 fully saturated rings. The number of carbonyl (C=O) groups is 2. The van der Waals surface area contributed by atoms with Gasteiger partial charge in [0.05, 0.1) is 18.4 Å². The van der Waals surface area contributed by atoms with Crippen LogP contribution < -0.4 is 10.1 Å². The maximum Gasteiger partial charge on any atom is 0.412 e. The van der Waals surface area contributed by atoms with Crippen LogP contribution in [-0.4, -0.2) is 56.6 Å². The molecule has 0 radical (unpaired) electrons. The first-order chi connectivity index (χ1) is 16.1. The Morgan fingerprint density at radius 3 is 2.06 bits per heavy atom.